The SMILES string of the molecule is C=CCCOC(=O)[C@@H]1[C@H]2C(=O)N([C@@H](CO)[C@@H](C)CC)C(C(=O)N(CC=C)C(C)(C)C)C23CC(C)[C@@]1(C)O3. The van der Waals surface area contributed by atoms with Gasteiger partial charge in [-0.05, 0) is 52.4 Å². The van der Waals surface area contributed by atoms with E-state index in [1.54, 1.807) is 22.0 Å². The molecule has 8 atom stereocenters. The van der Waals surface area contributed by atoms with Crippen molar-refractivity contribution >= 4 is 17.8 Å². The molecule has 0 radical (unpaired) electrons. The maximum Gasteiger partial charge on any atom is 0.312 e. The Morgan fingerprint density at radius 1 is 1.32 bits per heavy atom. The van der Waals surface area contributed by atoms with Crippen molar-refractivity contribution in [3.8, 4) is 0 Å². The van der Waals surface area contributed by atoms with Crippen LogP contribution in [-0.4, -0.2) is 81.3 Å². The largest absolute Gasteiger partial charge is 0.465 e. The molecule has 3 rings (SSSR count). The fraction of sp³-hybridized carbons (Fsp3) is 0.759. The number of rotatable bonds is 11. The topological polar surface area (TPSA) is 96.4 Å². The van der Waals surface area contributed by atoms with Crippen LogP contribution in [0.5, 0.6) is 0 Å². The van der Waals surface area contributed by atoms with Gasteiger partial charge in [-0.2, -0.15) is 0 Å². The Hall–Kier alpha value is -2.19. The molecule has 3 heterocycles. The third-order valence-electron chi connectivity index (χ3n) is 9.04. The Bertz CT molecular complexity index is 928. The molecule has 2 amide bonds. The Kier molecular flexibility index (Phi) is 8.35. The van der Waals surface area contributed by atoms with Crippen molar-refractivity contribution in [3.05, 3.63) is 25.3 Å². The number of esters is 1. The van der Waals surface area contributed by atoms with Crippen LogP contribution in [0.4, 0.5) is 0 Å². The van der Waals surface area contributed by atoms with Gasteiger partial charge in [-0.1, -0.05) is 39.3 Å². The summed E-state index contributed by atoms with van der Waals surface area (Å²) in [7, 11) is 0. The van der Waals surface area contributed by atoms with Crippen LogP contribution in [0.2, 0.25) is 0 Å². The molecule has 1 N–H and O–H groups in total. The van der Waals surface area contributed by atoms with Gasteiger partial charge in [0.15, 0.2) is 0 Å². The molecule has 0 aromatic carbocycles. The van der Waals surface area contributed by atoms with Gasteiger partial charge in [-0.25, -0.2) is 0 Å². The standard InChI is InChI=1S/C29H46N2O6/c1-10-13-15-36-26(35)22-21-24(33)31(20(17-32)18(4)12-3)23(25(34)30(14-11-2)27(6,7)8)29(21)16-19(5)28(22,9)37-29/h10-11,18-23,32H,1-2,12-17H2,3-9H3/t18-,19?,20-,21-,22-,23?,28+,29?/m0/s1. The summed E-state index contributed by atoms with van der Waals surface area (Å²) in [6.07, 6.45) is 5.03. The molecule has 208 valence electrons. The highest BCUT2D eigenvalue weighted by Gasteiger charge is 2.81. The van der Waals surface area contributed by atoms with Gasteiger partial charge >= 0.3 is 5.97 Å². The second-order valence-corrected chi connectivity index (χ2v) is 12.2. The number of hydrogen-bond acceptors (Lipinski definition) is 6. The van der Waals surface area contributed by atoms with E-state index in [0.717, 1.165) is 0 Å². The third kappa shape index (κ3) is 4.54. The van der Waals surface area contributed by atoms with Gasteiger partial charge in [0, 0.05) is 12.1 Å². The van der Waals surface area contributed by atoms with E-state index in [-0.39, 0.29) is 36.9 Å². The minimum absolute atomic E-state index is 0.0647. The maximum absolute atomic E-state index is 14.5. The summed E-state index contributed by atoms with van der Waals surface area (Å²) in [4.78, 5) is 45.6. The third-order valence-corrected chi connectivity index (χ3v) is 9.04. The van der Waals surface area contributed by atoms with Gasteiger partial charge in [0.1, 0.15) is 17.6 Å². The predicted molar refractivity (Wildman–Crippen MR) is 141 cm³/mol. The summed E-state index contributed by atoms with van der Waals surface area (Å²) in [6.45, 7) is 21.4. The van der Waals surface area contributed by atoms with Crippen molar-refractivity contribution in [1.29, 1.82) is 0 Å². The molecule has 3 saturated heterocycles. The molecular weight excluding hydrogens is 472 g/mol. The van der Waals surface area contributed by atoms with Gasteiger partial charge in [0.2, 0.25) is 11.8 Å². The maximum atomic E-state index is 14.5. The molecule has 3 fully saturated rings. The van der Waals surface area contributed by atoms with Crippen molar-refractivity contribution in [2.45, 2.75) is 96.6 Å². The highest BCUT2D eigenvalue weighted by Crippen LogP contribution is 2.66. The Morgan fingerprint density at radius 2 is 1.97 bits per heavy atom. The lowest BCUT2D eigenvalue weighted by Gasteiger charge is -2.44. The monoisotopic (exact) mass is 518 g/mol. The van der Waals surface area contributed by atoms with Gasteiger partial charge < -0.3 is 24.4 Å². The zero-order valence-corrected chi connectivity index (χ0v) is 23.7. The van der Waals surface area contributed by atoms with Crippen molar-refractivity contribution in [3.63, 3.8) is 0 Å². The first-order chi connectivity index (χ1) is 17.3. The number of aliphatic hydroxyl groups is 1. The van der Waals surface area contributed by atoms with Crippen LogP contribution in [0.3, 0.4) is 0 Å². The van der Waals surface area contributed by atoms with Crippen LogP contribution >= 0.6 is 0 Å². The number of amides is 2. The molecular formula is C29H46N2O6. The summed E-state index contributed by atoms with van der Waals surface area (Å²) < 4.78 is 12.4. The average molecular weight is 519 g/mol. The minimum atomic E-state index is -1.18. The number of fused-ring (bicyclic) bond motifs is 1. The van der Waals surface area contributed by atoms with Crippen LogP contribution in [0.1, 0.15) is 67.7 Å². The number of nitrogens with zero attached hydrogens (tertiary/aromatic N) is 2. The second kappa shape index (κ2) is 10.5. The highest BCUT2D eigenvalue weighted by atomic mass is 16.6. The smallest absolute Gasteiger partial charge is 0.312 e. The molecule has 37 heavy (non-hydrogen) atoms. The van der Waals surface area contributed by atoms with Crippen LogP contribution in [-0.2, 0) is 23.9 Å². The average Bonchev–Trinajstić information content (AvgIpc) is 3.34. The molecule has 0 saturated carbocycles. The summed E-state index contributed by atoms with van der Waals surface area (Å²) in [6, 6.07) is -1.55. The van der Waals surface area contributed by atoms with E-state index in [4.69, 9.17) is 9.47 Å². The van der Waals surface area contributed by atoms with Crippen LogP contribution in [0.25, 0.3) is 0 Å². The summed E-state index contributed by atoms with van der Waals surface area (Å²) in [5.41, 5.74) is -2.67. The summed E-state index contributed by atoms with van der Waals surface area (Å²) >= 11 is 0. The number of aliphatic hydroxyl groups excluding tert-OH is 1. The molecule has 3 aliphatic heterocycles. The van der Waals surface area contributed by atoms with Crippen LogP contribution in [0, 0.1) is 23.7 Å². The normalized spacial score (nSPS) is 34.2. The van der Waals surface area contributed by atoms with E-state index in [0.29, 0.717) is 25.8 Å². The quantitative estimate of drug-likeness (QED) is 0.256. The number of hydrogen-bond donors (Lipinski definition) is 1. The fourth-order valence-electron chi connectivity index (χ4n) is 6.79. The van der Waals surface area contributed by atoms with Crippen molar-refractivity contribution in [1.82, 2.24) is 9.80 Å². The zero-order valence-electron chi connectivity index (χ0n) is 23.7. The lowest BCUT2D eigenvalue weighted by molar-refractivity contribution is -0.165. The molecule has 0 aromatic rings. The predicted octanol–water partition coefficient (Wildman–Crippen LogP) is 3.34. The first-order valence-electron chi connectivity index (χ1n) is 13.6. The van der Waals surface area contributed by atoms with Gasteiger partial charge in [-0.3, -0.25) is 14.4 Å². The minimum Gasteiger partial charge on any atom is -0.465 e. The first kappa shape index (κ1) is 29.4. The summed E-state index contributed by atoms with van der Waals surface area (Å²) in [5.74, 6) is -2.89. The van der Waals surface area contributed by atoms with Crippen molar-refractivity contribution in [2.75, 3.05) is 19.8 Å². The summed E-state index contributed by atoms with van der Waals surface area (Å²) in [5, 5.41) is 10.5. The second-order valence-electron chi connectivity index (χ2n) is 12.2. The van der Waals surface area contributed by atoms with E-state index in [9.17, 15) is 19.5 Å². The fourth-order valence-corrected chi connectivity index (χ4v) is 6.79. The Balaban J connectivity index is 2.19. The molecule has 8 heteroatoms. The van der Waals surface area contributed by atoms with E-state index >= 15 is 0 Å². The van der Waals surface area contributed by atoms with Crippen LogP contribution in [0.15, 0.2) is 25.3 Å². The molecule has 3 unspecified atom stereocenters. The van der Waals surface area contributed by atoms with E-state index < -0.39 is 46.6 Å². The first-order valence-corrected chi connectivity index (χ1v) is 13.6. The molecule has 1 spiro atoms. The zero-order chi connectivity index (χ0) is 27.9. The number of carbonyl (C=O) groups is 3. The molecule has 2 bridgehead atoms. The molecule has 8 nitrogen and oxygen atoms in total. The lowest BCUT2D eigenvalue weighted by atomic mass is 9.62. The van der Waals surface area contributed by atoms with E-state index in [2.05, 4.69) is 13.2 Å². The van der Waals surface area contributed by atoms with Crippen molar-refractivity contribution < 1.29 is 29.0 Å². The number of likely N-dealkylation sites (tertiary alicyclic amines) is 1. The molecule has 0 aromatic heterocycles. The van der Waals surface area contributed by atoms with Gasteiger partial charge in [-0.15, -0.1) is 13.2 Å². The van der Waals surface area contributed by atoms with E-state index in [1.807, 2.05) is 48.5 Å². The molecule has 3 aliphatic rings. The number of ether oxygens (including phenoxy) is 2. The van der Waals surface area contributed by atoms with Crippen LogP contribution < -0.4 is 0 Å². The van der Waals surface area contributed by atoms with E-state index in [1.165, 1.54) is 0 Å². The number of carbonyl (C=O) groups excluding carboxylic acids is 3. The van der Waals surface area contributed by atoms with Gasteiger partial charge in [0.05, 0.1) is 30.8 Å². The Labute approximate surface area is 222 Å². The Morgan fingerprint density at radius 3 is 2.49 bits per heavy atom. The molecule has 0 aliphatic carbocycles. The highest BCUT2D eigenvalue weighted by molar-refractivity contribution is 5.99. The van der Waals surface area contributed by atoms with Crippen molar-refractivity contribution in [2.24, 2.45) is 23.7 Å². The lowest BCUT2D eigenvalue weighted by Crippen LogP contribution is -2.62. The van der Waals surface area contributed by atoms with Gasteiger partial charge in [0.25, 0.3) is 0 Å².